The Morgan fingerprint density at radius 1 is 1.27 bits per heavy atom. The molecule has 6 nitrogen and oxygen atoms in total. The lowest BCUT2D eigenvalue weighted by Crippen LogP contribution is -2.40. The summed E-state index contributed by atoms with van der Waals surface area (Å²) in [5.41, 5.74) is 1.50. The van der Waals surface area contributed by atoms with Crippen molar-refractivity contribution in [2.75, 3.05) is 38.7 Å². The third kappa shape index (κ3) is 3.98. The predicted octanol–water partition coefficient (Wildman–Crippen LogP) is 1.12. The molecule has 1 amide bonds. The zero-order valence-corrected chi connectivity index (χ0v) is 12.7. The van der Waals surface area contributed by atoms with Crippen LogP contribution >= 0.6 is 0 Å². The van der Waals surface area contributed by atoms with Gasteiger partial charge in [-0.05, 0) is 37.1 Å². The van der Waals surface area contributed by atoms with E-state index in [0.717, 1.165) is 5.69 Å². The highest BCUT2D eigenvalue weighted by Gasteiger charge is 2.28. The van der Waals surface area contributed by atoms with Gasteiger partial charge < -0.3 is 20.1 Å². The summed E-state index contributed by atoms with van der Waals surface area (Å²) in [6.45, 7) is 1.69. The van der Waals surface area contributed by atoms with E-state index in [4.69, 9.17) is 9.84 Å². The molecule has 0 spiro atoms. The number of rotatable bonds is 5. The lowest BCUT2D eigenvalue weighted by molar-refractivity contribution is -0.146. The van der Waals surface area contributed by atoms with E-state index in [1.807, 2.05) is 12.1 Å². The van der Waals surface area contributed by atoms with Gasteiger partial charge in [-0.15, -0.1) is 0 Å². The molecule has 1 aromatic rings. The summed E-state index contributed by atoms with van der Waals surface area (Å²) >= 11 is 0. The van der Waals surface area contributed by atoms with Gasteiger partial charge >= 0.3 is 5.97 Å². The Morgan fingerprint density at radius 3 is 2.45 bits per heavy atom. The van der Waals surface area contributed by atoms with Crippen LogP contribution in [0.1, 0.15) is 23.2 Å². The molecule has 2 rings (SSSR count). The molecule has 1 aliphatic heterocycles. The average Bonchev–Trinajstić information content (AvgIpc) is 2.59. The van der Waals surface area contributed by atoms with Crippen LogP contribution in [0, 0.1) is 5.92 Å². The van der Waals surface area contributed by atoms with Gasteiger partial charge in [-0.2, -0.15) is 0 Å². The lowest BCUT2D eigenvalue weighted by Gasteiger charge is -2.30. The van der Waals surface area contributed by atoms with Crippen LogP contribution in [0.2, 0.25) is 0 Å². The normalized spacial score (nSPS) is 15.5. The number of hydrogen-bond donors (Lipinski definition) is 2. The van der Waals surface area contributed by atoms with Gasteiger partial charge in [-0.3, -0.25) is 9.59 Å². The summed E-state index contributed by atoms with van der Waals surface area (Å²) in [6, 6.07) is 7.19. The fourth-order valence-corrected chi connectivity index (χ4v) is 2.60. The van der Waals surface area contributed by atoms with Crippen molar-refractivity contribution in [2.24, 2.45) is 5.92 Å². The molecule has 1 heterocycles. The van der Waals surface area contributed by atoms with E-state index < -0.39 is 0 Å². The van der Waals surface area contributed by atoms with Crippen molar-refractivity contribution in [3.05, 3.63) is 29.8 Å². The van der Waals surface area contributed by atoms with E-state index in [0.29, 0.717) is 38.0 Å². The molecular formula is C16H22N2O4. The number of aliphatic hydroxyl groups is 1. The van der Waals surface area contributed by atoms with Gasteiger partial charge in [0.25, 0.3) is 5.91 Å². The molecule has 0 unspecified atom stereocenters. The average molecular weight is 306 g/mol. The second-order valence-corrected chi connectivity index (χ2v) is 5.32. The van der Waals surface area contributed by atoms with Crippen LogP contribution in [0.4, 0.5) is 5.69 Å². The van der Waals surface area contributed by atoms with Crippen molar-refractivity contribution < 1.29 is 19.4 Å². The highest BCUT2D eigenvalue weighted by molar-refractivity contribution is 5.94. The van der Waals surface area contributed by atoms with Crippen molar-refractivity contribution in [3.63, 3.8) is 0 Å². The van der Waals surface area contributed by atoms with Crippen LogP contribution in [0.3, 0.4) is 0 Å². The van der Waals surface area contributed by atoms with E-state index in [-0.39, 0.29) is 24.4 Å². The number of anilines is 1. The van der Waals surface area contributed by atoms with Gasteiger partial charge in [0.05, 0.1) is 19.6 Å². The van der Waals surface area contributed by atoms with Crippen LogP contribution in [0.25, 0.3) is 0 Å². The lowest BCUT2D eigenvalue weighted by atomic mass is 9.96. The fraction of sp³-hybridized carbons (Fsp3) is 0.500. The van der Waals surface area contributed by atoms with Crippen LogP contribution in [-0.2, 0) is 9.53 Å². The number of carbonyl (C=O) groups is 2. The maximum absolute atomic E-state index is 12.4. The third-order valence-corrected chi connectivity index (χ3v) is 3.89. The topological polar surface area (TPSA) is 78.9 Å². The number of hydrogen-bond acceptors (Lipinski definition) is 5. The standard InChI is InChI=1S/C16H22N2O4/c1-22-16(21)13-6-9-18(10-7-13)15(20)12-2-4-14(5-3-12)17-8-11-19/h2-5,13,17,19H,6-11H2,1H3. The minimum atomic E-state index is -0.189. The fourth-order valence-electron chi connectivity index (χ4n) is 2.60. The van der Waals surface area contributed by atoms with Gasteiger partial charge in [0.1, 0.15) is 0 Å². The first-order valence-electron chi connectivity index (χ1n) is 7.47. The molecule has 1 aliphatic rings. The summed E-state index contributed by atoms with van der Waals surface area (Å²) in [5, 5.41) is 11.8. The Kier molecular flexibility index (Phi) is 5.77. The first-order valence-corrected chi connectivity index (χ1v) is 7.47. The molecule has 1 saturated heterocycles. The number of methoxy groups -OCH3 is 1. The summed E-state index contributed by atoms with van der Waals surface area (Å²) in [5.74, 6) is -0.303. The Balaban J connectivity index is 1.91. The molecule has 6 heteroatoms. The molecule has 0 aromatic heterocycles. The van der Waals surface area contributed by atoms with Gasteiger partial charge in [0.2, 0.25) is 0 Å². The first kappa shape index (κ1) is 16.3. The molecule has 2 N–H and O–H groups in total. The number of piperidine rings is 1. The monoisotopic (exact) mass is 306 g/mol. The maximum Gasteiger partial charge on any atom is 0.308 e. The Bertz CT molecular complexity index is 507. The highest BCUT2D eigenvalue weighted by Crippen LogP contribution is 2.20. The quantitative estimate of drug-likeness (QED) is 0.797. The number of aliphatic hydroxyl groups excluding tert-OH is 1. The SMILES string of the molecule is COC(=O)C1CCN(C(=O)c2ccc(NCCO)cc2)CC1. The van der Waals surface area contributed by atoms with Crippen molar-refractivity contribution in [1.29, 1.82) is 0 Å². The van der Waals surface area contributed by atoms with Gasteiger partial charge in [-0.25, -0.2) is 0 Å². The third-order valence-electron chi connectivity index (χ3n) is 3.89. The second-order valence-electron chi connectivity index (χ2n) is 5.32. The number of nitrogens with zero attached hydrogens (tertiary/aromatic N) is 1. The van der Waals surface area contributed by atoms with Crippen molar-refractivity contribution in [1.82, 2.24) is 4.90 Å². The van der Waals surface area contributed by atoms with Crippen LogP contribution in [-0.4, -0.2) is 55.2 Å². The van der Waals surface area contributed by atoms with Crippen molar-refractivity contribution in [3.8, 4) is 0 Å². The number of likely N-dealkylation sites (tertiary alicyclic amines) is 1. The Hall–Kier alpha value is -2.08. The Morgan fingerprint density at radius 2 is 1.91 bits per heavy atom. The number of ether oxygens (including phenoxy) is 1. The van der Waals surface area contributed by atoms with Gasteiger partial charge in [0.15, 0.2) is 0 Å². The molecule has 0 radical (unpaired) electrons. The van der Waals surface area contributed by atoms with Gasteiger partial charge in [-0.1, -0.05) is 0 Å². The zero-order valence-electron chi connectivity index (χ0n) is 12.7. The number of benzene rings is 1. The van der Waals surface area contributed by atoms with Crippen LogP contribution < -0.4 is 5.32 Å². The zero-order chi connectivity index (χ0) is 15.9. The van der Waals surface area contributed by atoms with Crippen LogP contribution in [0.5, 0.6) is 0 Å². The summed E-state index contributed by atoms with van der Waals surface area (Å²) < 4.78 is 4.75. The largest absolute Gasteiger partial charge is 0.469 e. The smallest absolute Gasteiger partial charge is 0.308 e. The minimum absolute atomic E-state index is 0.0166. The van der Waals surface area contributed by atoms with E-state index in [9.17, 15) is 9.59 Å². The van der Waals surface area contributed by atoms with Crippen LogP contribution in [0.15, 0.2) is 24.3 Å². The van der Waals surface area contributed by atoms with Crippen molar-refractivity contribution in [2.45, 2.75) is 12.8 Å². The molecular weight excluding hydrogens is 284 g/mol. The second kappa shape index (κ2) is 7.79. The van der Waals surface area contributed by atoms with E-state index in [2.05, 4.69) is 5.32 Å². The van der Waals surface area contributed by atoms with E-state index >= 15 is 0 Å². The highest BCUT2D eigenvalue weighted by atomic mass is 16.5. The van der Waals surface area contributed by atoms with E-state index in [1.54, 1.807) is 17.0 Å². The molecule has 1 fully saturated rings. The molecule has 0 saturated carbocycles. The molecule has 1 aromatic carbocycles. The van der Waals surface area contributed by atoms with Crippen molar-refractivity contribution >= 4 is 17.6 Å². The molecule has 0 atom stereocenters. The van der Waals surface area contributed by atoms with Gasteiger partial charge in [0, 0.05) is 30.9 Å². The van der Waals surface area contributed by atoms with E-state index in [1.165, 1.54) is 7.11 Å². The number of nitrogens with one attached hydrogen (secondary N) is 1. The summed E-state index contributed by atoms with van der Waals surface area (Å²) in [6.07, 6.45) is 1.29. The minimum Gasteiger partial charge on any atom is -0.469 e. The molecule has 120 valence electrons. The number of carbonyl (C=O) groups excluding carboxylic acids is 2. The summed E-state index contributed by atoms with van der Waals surface area (Å²) in [4.78, 5) is 25.7. The number of amides is 1. The predicted molar refractivity (Wildman–Crippen MR) is 82.7 cm³/mol. The maximum atomic E-state index is 12.4. The molecule has 0 aliphatic carbocycles. The number of esters is 1. The molecule has 22 heavy (non-hydrogen) atoms. The molecule has 0 bridgehead atoms. The summed E-state index contributed by atoms with van der Waals surface area (Å²) in [7, 11) is 1.40. The Labute approximate surface area is 130 Å². The first-order chi connectivity index (χ1) is 10.7.